The van der Waals surface area contributed by atoms with E-state index in [1.165, 1.54) is 0 Å². The number of ether oxygens (including phenoxy) is 1. The van der Waals surface area contributed by atoms with Crippen LogP contribution >= 0.6 is 0 Å². The fourth-order valence-electron chi connectivity index (χ4n) is 1.47. The van der Waals surface area contributed by atoms with Crippen LogP contribution < -0.4 is 5.32 Å². The van der Waals surface area contributed by atoms with Gasteiger partial charge < -0.3 is 15.2 Å². The number of alkyl carbamates (subject to hydrolysis) is 1. The quantitative estimate of drug-likeness (QED) is 0.783. The van der Waals surface area contributed by atoms with E-state index in [1.807, 2.05) is 6.92 Å². The molecule has 0 aliphatic carbocycles. The van der Waals surface area contributed by atoms with E-state index in [4.69, 9.17) is 9.84 Å². The number of halogens is 2. The van der Waals surface area contributed by atoms with Gasteiger partial charge >= 0.3 is 6.09 Å². The lowest BCUT2D eigenvalue weighted by Crippen LogP contribution is -2.24. The molecule has 0 atom stereocenters. The monoisotopic (exact) mass is 273 g/mol. The van der Waals surface area contributed by atoms with Crippen LogP contribution in [0.3, 0.4) is 0 Å². The van der Waals surface area contributed by atoms with Crippen LogP contribution in [0.25, 0.3) is 0 Å². The molecule has 0 fully saturated rings. The first kappa shape index (κ1) is 15.4. The molecule has 0 unspecified atom stereocenters. The molecule has 0 radical (unpaired) electrons. The van der Waals surface area contributed by atoms with Crippen LogP contribution in [0.2, 0.25) is 0 Å². The van der Waals surface area contributed by atoms with Crippen molar-refractivity contribution in [1.29, 1.82) is 0 Å². The SMILES string of the molecule is CCCCOC(=O)NCc1cc(F)c(F)cc1CO. The van der Waals surface area contributed by atoms with Crippen molar-refractivity contribution in [2.45, 2.75) is 32.9 Å². The maximum atomic E-state index is 13.1. The smallest absolute Gasteiger partial charge is 0.407 e. The number of carbonyl (C=O) groups is 1. The van der Waals surface area contributed by atoms with E-state index in [0.29, 0.717) is 12.2 Å². The molecule has 1 aromatic carbocycles. The first-order chi connectivity index (χ1) is 9.08. The third-order valence-corrected chi connectivity index (χ3v) is 2.57. The molecule has 1 rings (SSSR count). The minimum atomic E-state index is -1.03. The topological polar surface area (TPSA) is 58.6 Å². The number of benzene rings is 1. The number of amides is 1. The molecule has 0 saturated heterocycles. The highest BCUT2D eigenvalue weighted by Crippen LogP contribution is 2.15. The molecule has 4 nitrogen and oxygen atoms in total. The number of rotatable bonds is 6. The van der Waals surface area contributed by atoms with Gasteiger partial charge in [0.1, 0.15) is 0 Å². The van der Waals surface area contributed by atoms with E-state index in [-0.39, 0.29) is 12.1 Å². The average Bonchev–Trinajstić information content (AvgIpc) is 2.40. The molecule has 106 valence electrons. The molecule has 0 spiro atoms. The van der Waals surface area contributed by atoms with E-state index < -0.39 is 24.3 Å². The second kappa shape index (κ2) is 7.68. The highest BCUT2D eigenvalue weighted by molar-refractivity contribution is 5.67. The molecule has 0 saturated carbocycles. The number of carbonyl (C=O) groups excluding carboxylic acids is 1. The Balaban J connectivity index is 2.57. The number of nitrogens with one attached hydrogen (secondary N) is 1. The zero-order valence-electron chi connectivity index (χ0n) is 10.7. The summed E-state index contributed by atoms with van der Waals surface area (Å²) in [6.45, 7) is 1.82. The van der Waals surface area contributed by atoms with Gasteiger partial charge in [-0.05, 0) is 29.7 Å². The van der Waals surface area contributed by atoms with E-state index in [0.717, 1.165) is 25.0 Å². The Morgan fingerprint density at radius 1 is 1.32 bits per heavy atom. The first-order valence-electron chi connectivity index (χ1n) is 6.06. The van der Waals surface area contributed by atoms with Gasteiger partial charge in [-0.3, -0.25) is 0 Å². The minimum Gasteiger partial charge on any atom is -0.450 e. The summed E-state index contributed by atoms with van der Waals surface area (Å²) in [6, 6.07) is 1.86. The molecular formula is C13H17F2NO3. The number of unbranched alkanes of at least 4 members (excludes halogenated alkanes) is 1. The number of hydrogen-bond donors (Lipinski definition) is 2. The summed E-state index contributed by atoms with van der Waals surface area (Å²) in [6.07, 6.45) is 1.05. The van der Waals surface area contributed by atoms with Crippen LogP contribution in [0.15, 0.2) is 12.1 Å². The van der Waals surface area contributed by atoms with Crippen molar-refractivity contribution in [2.24, 2.45) is 0 Å². The molecule has 0 heterocycles. The Morgan fingerprint density at radius 2 is 1.95 bits per heavy atom. The lowest BCUT2D eigenvalue weighted by Gasteiger charge is -2.10. The van der Waals surface area contributed by atoms with Crippen LogP contribution in [-0.4, -0.2) is 17.8 Å². The van der Waals surface area contributed by atoms with Gasteiger partial charge in [0.15, 0.2) is 11.6 Å². The van der Waals surface area contributed by atoms with E-state index >= 15 is 0 Å². The van der Waals surface area contributed by atoms with Gasteiger partial charge in [-0.25, -0.2) is 13.6 Å². The van der Waals surface area contributed by atoms with Gasteiger partial charge in [-0.15, -0.1) is 0 Å². The number of aliphatic hydroxyl groups excluding tert-OH is 1. The third kappa shape index (κ3) is 4.82. The molecule has 0 aliphatic rings. The van der Waals surface area contributed by atoms with Crippen molar-refractivity contribution in [1.82, 2.24) is 5.32 Å². The number of hydrogen-bond acceptors (Lipinski definition) is 3. The van der Waals surface area contributed by atoms with Gasteiger partial charge in [0, 0.05) is 6.54 Å². The molecule has 1 aromatic rings. The predicted molar refractivity (Wildman–Crippen MR) is 65.4 cm³/mol. The van der Waals surface area contributed by atoms with Gasteiger partial charge in [-0.1, -0.05) is 13.3 Å². The minimum absolute atomic E-state index is 0.0297. The summed E-state index contributed by atoms with van der Waals surface area (Å²) in [5.41, 5.74) is 0.543. The van der Waals surface area contributed by atoms with Crippen molar-refractivity contribution in [3.63, 3.8) is 0 Å². The standard InChI is InChI=1S/C13H17F2NO3/c1-2-3-4-19-13(18)16-7-9-5-11(14)12(15)6-10(9)8-17/h5-6,17H,2-4,7-8H2,1H3,(H,16,18). The summed E-state index contributed by atoms with van der Waals surface area (Å²) in [5, 5.41) is 11.5. The van der Waals surface area contributed by atoms with Crippen LogP contribution in [0, 0.1) is 11.6 Å². The van der Waals surface area contributed by atoms with E-state index in [9.17, 15) is 13.6 Å². The zero-order chi connectivity index (χ0) is 14.3. The molecule has 0 aliphatic heterocycles. The van der Waals surface area contributed by atoms with E-state index in [2.05, 4.69) is 5.32 Å². The van der Waals surface area contributed by atoms with Gasteiger partial charge in [-0.2, -0.15) is 0 Å². The summed E-state index contributed by atoms with van der Waals surface area (Å²) in [7, 11) is 0. The van der Waals surface area contributed by atoms with Crippen molar-refractivity contribution < 1.29 is 23.4 Å². The van der Waals surface area contributed by atoms with Gasteiger partial charge in [0.25, 0.3) is 0 Å². The lowest BCUT2D eigenvalue weighted by atomic mass is 10.1. The predicted octanol–water partition coefficient (Wildman–Crippen LogP) is 2.48. The molecule has 6 heteroatoms. The average molecular weight is 273 g/mol. The maximum Gasteiger partial charge on any atom is 0.407 e. The number of aliphatic hydroxyl groups is 1. The molecule has 2 N–H and O–H groups in total. The molecule has 0 bridgehead atoms. The molecule has 1 amide bonds. The molecular weight excluding hydrogens is 256 g/mol. The van der Waals surface area contributed by atoms with Crippen LogP contribution in [0.5, 0.6) is 0 Å². The Morgan fingerprint density at radius 3 is 2.53 bits per heavy atom. The Labute approximate surface area is 110 Å². The van der Waals surface area contributed by atoms with Gasteiger partial charge in [0.05, 0.1) is 13.2 Å². The third-order valence-electron chi connectivity index (χ3n) is 2.57. The molecule has 19 heavy (non-hydrogen) atoms. The van der Waals surface area contributed by atoms with Crippen molar-refractivity contribution >= 4 is 6.09 Å². The fourth-order valence-corrected chi connectivity index (χ4v) is 1.47. The second-order valence-electron chi connectivity index (χ2n) is 4.04. The first-order valence-corrected chi connectivity index (χ1v) is 6.06. The summed E-state index contributed by atoms with van der Waals surface area (Å²) >= 11 is 0. The molecule has 0 aromatic heterocycles. The van der Waals surface area contributed by atoms with Crippen LogP contribution in [0.4, 0.5) is 13.6 Å². The largest absolute Gasteiger partial charge is 0.450 e. The van der Waals surface area contributed by atoms with Crippen LogP contribution in [-0.2, 0) is 17.9 Å². The zero-order valence-corrected chi connectivity index (χ0v) is 10.7. The Kier molecular flexibility index (Phi) is 6.21. The fraction of sp³-hybridized carbons (Fsp3) is 0.462. The Hall–Kier alpha value is -1.69. The van der Waals surface area contributed by atoms with Crippen molar-refractivity contribution in [2.75, 3.05) is 6.61 Å². The summed E-state index contributed by atoms with van der Waals surface area (Å²) in [5.74, 6) is -2.05. The van der Waals surface area contributed by atoms with Crippen LogP contribution in [0.1, 0.15) is 30.9 Å². The highest BCUT2D eigenvalue weighted by Gasteiger charge is 2.10. The maximum absolute atomic E-state index is 13.1. The van der Waals surface area contributed by atoms with Gasteiger partial charge in [0.2, 0.25) is 0 Å². The normalized spacial score (nSPS) is 10.3. The lowest BCUT2D eigenvalue weighted by molar-refractivity contribution is 0.144. The summed E-state index contributed by atoms with van der Waals surface area (Å²) in [4.78, 5) is 11.3. The highest BCUT2D eigenvalue weighted by atomic mass is 19.2. The van der Waals surface area contributed by atoms with E-state index in [1.54, 1.807) is 0 Å². The van der Waals surface area contributed by atoms with Crippen molar-refractivity contribution in [3.8, 4) is 0 Å². The summed E-state index contributed by atoms with van der Waals surface area (Å²) < 4.78 is 30.9. The Bertz CT molecular complexity index is 438. The second-order valence-corrected chi connectivity index (χ2v) is 4.04. The van der Waals surface area contributed by atoms with Crippen molar-refractivity contribution in [3.05, 3.63) is 34.9 Å².